The average molecular weight is 741 g/mol. The van der Waals surface area contributed by atoms with Gasteiger partial charge in [-0.15, -0.1) is 0 Å². The average Bonchev–Trinajstić information content (AvgIpc) is 2.78. The zero-order valence-electron chi connectivity index (χ0n) is 28.7. The summed E-state index contributed by atoms with van der Waals surface area (Å²) < 4.78 is 37.6. The Hall–Kier alpha value is 0.591. The third-order valence-electron chi connectivity index (χ3n) is 10.4. The summed E-state index contributed by atoms with van der Waals surface area (Å²) in [5.74, 6) is 0. The van der Waals surface area contributed by atoms with Gasteiger partial charge in [-0.05, 0) is 77.4 Å². The van der Waals surface area contributed by atoms with E-state index in [1.807, 2.05) is 0 Å². The van der Waals surface area contributed by atoms with Gasteiger partial charge in [0.15, 0.2) is 25.0 Å². The Labute approximate surface area is 268 Å². The lowest BCUT2D eigenvalue weighted by molar-refractivity contribution is -0.266. The van der Waals surface area contributed by atoms with Gasteiger partial charge in [0.05, 0.1) is 18.3 Å². The molecule has 0 aromatic carbocycles. The third kappa shape index (κ3) is 9.08. The first-order valence-electron chi connectivity index (χ1n) is 15.4. The summed E-state index contributed by atoms with van der Waals surface area (Å²) in [6, 6.07) is 0. The number of carbonyl (C=O) groups excluding carboxylic acids is 1. The van der Waals surface area contributed by atoms with Gasteiger partial charge in [0.2, 0.25) is 0 Å². The molecule has 0 saturated carbocycles. The van der Waals surface area contributed by atoms with Gasteiger partial charge in [0, 0.05) is 6.42 Å². The van der Waals surface area contributed by atoms with Crippen LogP contribution >= 0.6 is 22.6 Å². The summed E-state index contributed by atoms with van der Waals surface area (Å²) >= 11 is 2.29. The van der Waals surface area contributed by atoms with Crippen molar-refractivity contribution >= 4 is 53.8 Å². The van der Waals surface area contributed by atoms with Crippen molar-refractivity contribution in [1.29, 1.82) is 0 Å². The third-order valence-corrected chi connectivity index (χ3v) is 24.3. The van der Waals surface area contributed by atoms with Gasteiger partial charge < -0.3 is 27.5 Å². The van der Waals surface area contributed by atoms with Crippen LogP contribution in [0.5, 0.6) is 0 Å². The molecule has 10 heteroatoms. The molecule has 0 amide bonds. The fourth-order valence-electron chi connectivity index (χ4n) is 4.63. The van der Waals surface area contributed by atoms with Crippen LogP contribution in [0.15, 0.2) is 10.2 Å². The minimum Gasteiger partial charge on any atom is -0.408 e. The summed E-state index contributed by atoms with van der Waals surface area (Å²) in [6.07, 6.45) is 3.25. The standard InChI is InChI=1S/C31H61IO6Si3/c1-29(2,3)39(10,11)36-24(18-20-32)26-28(38-41(14,15)31(7,8)9)27(37-40(12,13)30(4,5)6)25-23(35-26)17-16-22(34-25)19-21-33/h18,20-28H,16-17,19H2,1-15H3. The van der Waals surface area contributed by atoms with Crippen molar-refractivity contribution in [1.82, 2.24) is 0 Å². The first-order valence-corrected chi connectivity index (χ1v) is 25.4. The zero-order valence-corrected chi connectivity index (χ0v) is 33.9. The maximum Gasteiger partial charge on any atom is 0.193 e. The number of aldehydes is 1. The number of rotatable bonds is 10. The lowest BCUT2D eigenvalue weighted by atomic mass is 9.87. The second kappa shape index (κ2) is 13.5. The normalized spacial score (nSPS) is 29.9. The van der Waals surface area contributed by atoms with Gasteiger partial charge in [0.1, 0.15) is 30.7 Å². The van der Waals surface area contributed by atoms with E-state index in [0.717, 1.165) is 19.1 Å². The predicted octanol–water partition coefficient (Wildman–Crippen LogP) is 9.01. The predicted molar refractivity (Wildman–Crippen MR) is 187 cm³/mol. The van der Waals surface area contributed by atoms with Crippen molar-refractivity contribution in [2.75, 3.05) is 0 Å². The highest BCUT2D eigenvalue weighted by atomic mass is 127. The summed E-state index contributed by atoms with van der Waals surface area (Å²) in [6.45, 7) is 34.3. The Kier molecular flexibility index (Phi) is 12.5. The molecule has 2 fully saturated rings. The number of hydrogen-bond acceptors (Lipinski definition) is 6. The van der Waals surface area contributed by atoms with Gasteiger partial charge in [-0.2, -0.15) is 0 Å². The minimum atomic E-state index is -2.28. The molecule has 2 rings (SSSR count). The van der Waals surface area contributed by atoms with Crippen LogP contribution in [0.2, 0.25) is 54.4 Å². The molecule has 0 spiro atoms. The van der Waals surface area contributed by atoms with Crippen LogP contribution in [-0.4, -0.2) is 74.0 Å². The van der Waals surface area contributed by atoms with Crippen LogP contribution in [0.4, 0.5) is 0 Å². The number of ether oxygens (including phenoxy) is 2. The number of carbonyl (C=O) groups is 1. The van der Waals surface area contributed by atoms with Crippen molar-refractivity contribution < 1.29 is 27.5 Å². The minimum absolute atomic E-state index is 0.00170. The van der Waals surface area contributed by atoms with Crippen molar-refractivity contribution in [3.8, 4) is 0 Å². The molecule has 0 aromatic rings. The number of hydrogen-bond donors (Lipinski definition) is 0. The highest BCUT2D eigenvalue weighted by Crippen LogP contribution is 2.47. The van der Waals surface area contributed by atoms with Gasteiger partial charge in [0.25, 0.3) is 0 Å². The lowest BCUT2D eigenvalue weighted by Gasteiger charge is -2.56. The molecule has 6 nitrogen and oxygen atoms in total. The van der Waals surface area contributed by atoms with Crippen LogP contribution in [0.3, 0.4) is 0 Å². The van der Waals surface area contributed by atoms with Crippen LogP contribution in [0.1, 0.15) is 81.6 Å². The molecule has 2 aliphatic rings. The van der Waals surface area contributed by atoms with Crippen LogP contribution in [0.25, 0.3) is 0 Å². The maximum atomic E-state index is 11.5. The zero-order chi connectivity index (χ0) is 31.8. The van der Waals surface area contributed by atoms with Crippen LogP contribution < -0.4 is 0 Å². The summed E-state index contributed by atoms with van der Waals surface area (Å²) in [5, 5.41) is 0.0521. The second-order valence-corrected chi connectivity index (χ2v) is 31.7. The van der Waals surface area contributed by atoms with Crippen molar-refractivity contribution in [2.45, 2.75) is 179 Å². The van der Waals surface area contributed by atoms with Gasteiger partial charge in [-0.3, -0.25) is 0 Å². The monoisotopic (exact) mass is 740 g/mol. The van der Waals surface area contributed by atoms with Crippen LogP contribution in [0, 0.1) is 0 Å². The van der Waals surface area contributed by atoms with Gasteiger partial charge in [-0.1, -0.05) is 84.9 Å². The van der Waals surface area contributed by atoms with E-state index in [0.29, 0.717) is 6.42 Å². The topological polar surface area (TPSA) is 63.2 Å². The van der Waals surface area contributed by atoms with E-state index in [2.05, 4.69) is 134 Å². The smallest absolute Gasteiger partial charge is 0.193 e. The highest BCUT2D eigenvalue weighted by Gasteiger charge is 2.57. The molecule has 2 saturated heterocycles. The Balaban J connectivity index is 2.73. The van der Waals surface area contributed by atoms with E-state index in [1.54, 1.807) is 0 Å². The SMILES string of the molecule is CC(C)(C)[Si](C)(C)OC(C=CI)C1OC2CCC(CC=O)OC2C(O[Si](C)(C)C(C)(C)C)C1O[Si](C)(C)C(C)(C)C. The first kappa shape index (κ1) is 37.8. The van der Waals surface area contributed by atoms with Crippen molar-refractivity contribution in [3.63, 3.8) is 0 Å². The maximum absolute atomic E-state index is 11.5. The van der Waals surface area contributed by atoms with E-state index in [9.17, 15) is 4.79 Å². The molecule has 0 aromatic heterocycles. The second-order valence-electron chi connectivity index (χ2n) is 16.7. The van der Waals surface area contributed by atoms with E-state index in [4.69, 9.17) is 22.8 Å². The molecule has 0 N–H and O–H groups in total. The molecule has 41 heavy (non-hydrogen) atoms. The molecule has 240 valence electrons. The molecule has 0 aliphatic carbocycles. The van der Waals surface area contributed by atoms with Gasteiger partial charge >= 0.3 is 0 Å². The van der Waals surface area contributed by atoms with Crippen molar-refractivity contribution in [2.24, 2.45) is 0 Å². The Morgan fingerprint density at radius 3 is 1.71 bits per heavy atom. The largest absolute Gasteiger partial charge is 0.408 e. The van der Waals surface area contributed by atoms with E-state index in [-0.39, 0.29) is 57.8 Å². The Morgan fingerprint density at radius 2 is 1.27 bits per heavy atom. The first-order chi connectivity index (χ1) is 18.4. The molecule has 7 unspecified atom stereocenters. The van der Waals surface area contributed by atoms with Crippen molar-refractivity contribution in [3.05, 3.63) is 10.2 Å². The van der Waals surface area contributed by atoms with E-state index < -0.39 is 25.0 Å². The molecule has 2 aliphatic heterocycles. The molecular weight excluding hydrogens is 679 g/mol. The Morgan fingerprint density at radius 1 is 0.780 bits per heavy atom. The fraction of sp³-hybridized carbons (Fsp3) is 0.903. The summed E-state index contributed by atoms with van der Waals surface area (Å²) in [7, 11) is -6.69. The summed E-state index contributed by atoms with van der Waals surface area (Å²) in [5.41, 5.74) is 0. The molecule has 7 atom stereocenters. The van der Waals surface area contributed by atoms with E-state index >= 15 is 0 Å². The number of fused-ring (bicyclic) bond motifs is 1. The molecular formula is C31H61IO6Si3. The number of halogens is 1. The lowest BCUT2D eigenvalue weighted by Crippen LogP contribution is -2.69. The van der Waals surface area contributed by atoms with Gasteiger partial charge in [-0.25, -0.2) is 0 Å². The molecule has 0 radical (unpaired) electrons. The highest BCUT2D eigenvalue weighted by molar-refractivity contribution is 14.1. The molecule has 0 bridgehead atoms. The fourth-order valence-corrected chi connectivity index (χ4v) is 8.89. The molecule has 2 heterocycles. The van der Waals surface area contributed by atoms with Crippen LogP contribution in [-0.2, 0) is 27.5 Å². The summed E-state index contributed by atoms with van der Waals surface area (Å²) in [4.78, 5) is 11.5. The Bertz CT molecular complexity index is 903. The van der Waals surface area contributed by atoms with E-state index in [1.165, 1.54) is 0 Å². The quantitative estimate of drug-likeness (QED) is 0.127.